The predicted molar refractivity (Wildman–Crippen MR) is 102 cm³/mol. The van der Waals surface area contributed by atoms with Crippen molar-refractivity contribution in [3.63, 3.8) is 0 Å². The van der Waals surface area contributed by atoms with Crippen LogP contribution in [0.5, 0.6) is 0 Å². The van der Waals surface area contributed by atoms with Gasteiger partial charge in [-0.2, -0.15) is 0 Å². The molecular weight excluding hydrogens is 380 g/mol. The summed E-state index contributed by atoms with van der Waals surface area (Å²) in [6.45, 7) is 4.32. The summed E-state index contributed by atoms with van der Waals surface area (Å²) in [5.41, 5.74) is 0. The average molecular weight is 413 g/mol. The highest BCUT2D eigenvalue weighted by molar-refractivity contribution is 7.52. The van der Waals surface area contributed by atoms with Gasteiger partial charge in [0.2, 0.25) is 5.91 Å². The number of nitrogens with zero attached hydrogens (tertiary/aromatic N) is 1. The zero-order valence-corrected chi connectivity index (χ0v) is 17.1. The SMILES string of the molecule is C=CC(=O)N(CCCCCCCCCCP(=O)(O)O)CCCP(=O)(O)O. The minimum absolute atomic E-state index is 0.0395. The van der Waals surface area contributed by atoms with Gasteiger partial charge in [0.1, 0.15) is 0 Å². The molecule has 0 spiro atoms. The van der Waals surface area contributed by atoms with E-state index >= 15 is 0 Å². The molecule has 8 nitrogen and oxygen atoms in total. The minimum Gasteiger partial charge on any atom is -0.339 e. The summed E-state index contributed by atoms with van der Waals surface area (Å²) in [5.74, 6) is -0.222. The quantitative estimate of drug-likeness (QED) is 0.174. The predicted octanol–water partition coefficient (Wildman–Crippen LogP) is 2.87. The second kappa shape index (κ2) is 13.6. The van der Waals surface area contributed by atoms with Crippen LogP contribution in [0.3, 0.4) is 0 Å². The molecule has 0 bridgehead atoms. The van der Waals surface area contributed by atoms with Crippen LogP contribution in [0, 0.1) is 0 Å². The summed E-state index contributed by atoms with van der Waals surface area (Å²) in [6.07, 6.45) is 8.44. The zero-order valence-electron chi connectivity index (χ0n) is 15.3. The topological polar surface area (TPSA) is 135 Å². The highest BCUT2D eigenvalue weighted by atomic mass is 31.2. The van der Waals surface area contributed by atoms with Crippen LogP contribution in [0.15, 0.2) is 12.7 Å². The lowest BCUT2D eigenvalue weighted by Gasteiger charge is -2.21. The summed E-state index contributed by atoms with van der Waals surface area (Å²) >= 11 is 0. The molecule has 0 radical (unpaired) electrons. The van der Waals surface area contributed by atoms with Crippen molar-refractivity contribution in [3.05, 3.63) is 12.7 Å². The Labute approximate surface area is 156 Å². The Morgan fingerprint density at radius 2 is 1.12 bits per heavy atom. The Morgan fingerprint density at radius 1 is 0.731 bits per heavy atom. The Hall–Kier alpha value is -0.490. The summed E-state index contributed by atoms with van der Waals surface area (Å²) in [6, 6.07) is 0. The van der Waals surface area contributed by atoms with Crippen LogP contribution < -0.4 is 0 Å². The van der Waals surface area contributed by atoms with E-state index in [-0.39, 0.29) is 24.7 Å². The third-order valence-electron chi connectivity index (χ3n) is 3.99. The standard InChI is InChI=1S/C16H33NO7P2/c1-2-16(18)17(13-11-15-26(22,23)24)12-9-7-5-3-4-6-8-10-14-25(19,20)21/h2H,1,3-15H2,(H2,19,20,21)(H2,22,23,24). The second-order valence-electron chi connectivity index (χ2n) is 6.49. The highest BCUT2D eigenvalue weighted by Crippen LogP contribution is 2.35. The molecule has 0 saturated heterocycles. The van der Waals surface area contributed by atoms with Crippen molar-refractivity contribution in [2.75, 3.05) is 25.4 Å². The Balaban J connectivity index is 3.75. The minimum atomic E-state index is -4.03. The van der Waals surface area contributed by atoms with Crippen LogP contribution in [0.4, 0.5) is 0 Å². The van der Waals surface area contributed by atoms with E-state index in [1.54, 1.807) is 4.90 Å². The molecule has 0 aliphatic heterocycles. The van der Waals surface area contributed by atoms with Gasteiger partial charge < -0.3 is 24.5 Å². The molecule has 1 amide bonds. The Kier molecular flexibility index (Phi) is 13.4. The monoisotopic (exact) mass is 413 g/mol. The molecule has 154 valence electrons. The molecule has 0 aromatic heterocycles. The lowest BCUT2D eigenvalue weighted by atomic mass is 10.1. The zero-order chi connectivity index (χ0) is 20.1. The van der Waals surface area contributed by atoms with E-state index in [1.807, 2.05) is 0 Å². The number of rotatable bonds is 16. The Bertz CT molecular complexity index is 501. The first-order valence-corrected chi connectivity index (χ1v) is 12.6. The fraction of sp³-hybridized carbons (Fsp3) is 0.812. The van der Waals surface area contributed by atoms with E-state index in [1.165, 1.54) is 6.08 Å². The fourth-order valence-electron chi connectivity index (χ4n) is 2.61. The van der Waals surface area contributed by atoms with Gasteiger partial charge in [-0.05, 0) is 25.3 Å². The van der Waals surface area contributed by atoms with Crippen LogP contribution in [-0.4, -0.2) is 55.8 Å². The summed E-state index contributed by atoms with van der Waals surface area (Å²) in [5, 5.41) is 0. The van der Waals surface area contributed by atoms with Crippen LogP contribution >= 0.6 is 15.2 Å². The van der Waals surface area contributed by atoms with Gasteiger partial charge in [-0.15, -0.1) is 0 Å². The van der Waals surface area contributed by atoms with Crippen LogP contribution in [0.25, 0.3) is 0 Å². The largest absolute Gasteiger partial charge is 0.339 e. The van der Waals surface area contributed by atoms with Gasteiger partial charge in [0.05, 0.1) is 6.16 Å². The van der Waals surface area contributed by atoms with E-state index in [9.17, 15) is 13.9 Å². The van der Waals surface area contributed by atoms with Crippen LogP contribution in [-0.2, 0) is 13.9 Å². The van der Waals surface area contributed by atoms with Crippen molar-refractivity contribution in [2.24, 2.45) is 0 Å². The van der Waals surface area contributed by atoms with Crippen molar-refractivity contribution in [2.45, 2.75) is 57.8 Å². The van der Waals surface area contributed by atoms with Gasteiger partial charge in [-0.3, -0.25) is 13.9 Å². The first kappa shape index (κ1) is 25.5. The maximum atomic E-state index is 11.8. The second-order valence-corrected chi connectivity index (χ2v) is 10.0. The van der Waals surface area contributed by atoms with Crippen molar-refractivity contribution in [3.8, 4) is 0 Å². The molecule has 0 aliphatic carbocycles. The van der Waals surface area contributed by atoms with E-state index in [2.05, 4.69) is 6.58 Å². The molecule has 0 aliphatic rings. The smallest absolute Gasteiger partial charge is 0.325 e. The summed E-state index contributed by atoms with van der Waals surface area (Å²) in [7, 11) is -7.89. The van der Waals surface area contributed by atoms with Crippen molar-refractivity contribution in [1.82, 2.24) is 4.90 Å². The number of carbonyl (C=O) groups is 1. The highest BCUT2D eigenvalue weighted by Gasteiger charge is 2.15. The lowest BCUT2D eigenvalue weighted by molar-refractivity contribution is -0.126. The van der Waals surface area contributed by atoms with E-state index in [4.69, 9.17) is 19.6 Å². The van der Waals surface area contributed by atoms with E-state index in [0.29, 0.717) is 19.5 Å². The van der Waals surface area contributed by atoms with Crippen molar-refractivity contribution < 1.29 is 33.5 Å². The van der Waals surface area contributed by atoms with Gasteiger partial charge in [0, 0.05) is 19.3 Å². The Morgan fingerprint density at radius 3 is 1.58 bits per heavy atom. The molecule has 0 saturated carbocycles. The van der Waals surface area contributed by atoms with Gasteiger partial charge in [-0.25, -0.2) is 0 Å². The molecule has 0 atom stereocenters. The van der Waals surface area contributed by atoms with Gasteiger partial charge in [0.15, 0.2) is 0 Å². The molecular formula is C16H33NO7P2. The average Bonchev–Trinajstić information content (AvgIpc) is 2.52. The molecule has 0 unspecified atom stereocenters. The number of amides is 1. The van der Waals surface area contributed by atoms with Crippen LogP contribution in [0.2, 0.25) is 0 Å². The van der Waals surface area contributed by atoms with Gasteiger partial charge in [-0.1, -0.05) is 45.1 Å². The van der Waals surface area contributed by atoms with E-state index in [0.717, 1.165) is 44.9 Å². The number of hydrogen-bond acceptors (Lipinski definition) is 3. The first-order valence-electron chi connectivity index (χ1n) is 9.05. The fourth-order valence-corrected chi connectivity index (χ4v) is 3.80. The van der Waals surface area contributed by atoms with E-state index < -0.39 is 15.2 Å². The maximum absolute atomic E-state index is 11.8. The molecule has 4 N–H and O–H groups in total. The molecule has 26 heavy (non-hydrogen) atoms. The molecule has 10 heteroatoms. The van der Waals surface area contributed by atoms with Gasteiger partial charge >= 0.3 is 15.2 Å². The normalized spacial score (nSPS) is 12.2. The molecule has 0 heterocycles. The summed E-state index contributed by atoms with van der Waals surface area (Å²) in [4.78, 5) is 48.6. The van der Waals surface area contributed by atoms with Crippen LogP contribution in [0.1, 0.15) is 57.8 Å². The lowest BCUT2D eigenvalue weighted by Crippen LogP contribution is -2.31. The molecule has 0 aromatic rings. The molecule has 0 fully saturated rings. The number of carbonyl (C=O) groups excluding carboxylic acids is 1. The maximum Gasteiger partial charge on any atom is 0.325 e. The number of hydrogen-bond donors (Lipinski definition) is 4. The molecule has 0 rings (SSSR count). The molecule has 0 aromatic carbocycles. The summed E-state index contributed by atoms with van der Waals surface area (Å²) < 4.78 is 21.6. The third-order valence-corrected chi connectivity index (χ3v) is 5.79. The van der Waals surface area contributed by atoms with Crippen molar-refractivity contribution >= 4 is 21.1 Å². The van der Waals surface area contributed by atoms with Gasteiger partial charge in [0.25, 0.3) is 0 Å². The van der Waals surface area contributed by atoms with Crippen molar-refractivity contribution in [1.29, 1.82) is 0 Å². The number of unbranched alkanes of at least 4 members (excludes halogenated alkanes) is 7. The first-order chi connectivity index (χ1) is 12.0. The third kappa shape index (κ3) is 17.0.